The van der Waals surface area contributed by atoms with E-state index in [-0.39, 0.29) is 0 Å². The Bertz CT molecular complexity index is 555. The highest BCUT2D eigenvalue weighted by Crippen LogP contribution is 2.19. The van der Waals surface area contributed by atoms with Crippen LogP contribution in [0.15, 0.2) is 47.6 Å². The fourth-order valence-electron chi connectivity index (χ4n) is 1.55. The Balaban J connectivity index is 2.14. The second kappa shape index (κ2) is 5.64. The van der Waals surface area contributed by atoms with Gasteiger partial charge in [-0.05, 0) is 23.8 Å². The highest BCUT2D eigenvalue weighted by atomic mass is 32.2. The molecule has 18 heavy (non-hydrogen) atoms. The van der Waals surface area contributed by atoms with Gasteiger partial charge < -0.3 is 10.5 Å². The zero-order chi connectivity index (χ0) is 13.0. The van der Waals surface area contributed by atoms with Gasteiger partial charge in [-0.15, -0.1) is 0 Å². The second-order valence-corrected chi connectivity index (χ2v) is 5.17. The number of nitrogens with two attached hydrogens (primary N) is 1. The van der Waals surface area contributed by atoms with Crippen molar-refractivity contribution in [2.24, 2.45) is 0 Å². The molecule has 0 saturated heterocycles. The summed E-state index contributed by atoms with van der Waals surface area (Å²) in [6.45, 7) is 0. The molecule has 5 heteroatoms. The number of hydrogen-bond donors (Lipinski definition) is 1. The first-order valence-corrected chi connectivity index (χ1v) is 6.73. The minimum Gasteiger partial charge on any atom is -0.497 e. The fraction of sp³-hybridized carbons (Fsp3) is 0.154. The van der Waals surface area contributed by atoms with Crippen LogP contribution >= 0.6 is 0 Å². The minimum atomic E-state index is -1.16. The van der Waals surface area contributed by atoms with E-state index in [1.54, 1.807) is 19.4 Å². The van der Waals surface area contributed by atoms with E-state index >= 15 is 0 Å². The van der Waals surface area contributed by atoms with Crippen molar-refractivity contribution in [2.45, 2.75) is 10.6 Å². The maximum Gasteiger partial charge on any atom is 0.118 e. The zero-order valence-electron chi connectivity index (χ0n) is 10.00. The quantitative estimate of drug-likeness (QED) is 0.915. The zero-order valence-corrected chi connectivity index (χ0v) is 10.8. The summed E-state index contributed by atoms with van der Waals surface area (Å²) < 4.78 is 17.2. The Morgan fingerprint density at radius 2 is 2.00 bits per heavy atom. The van der Waals surface area contributed by atoms with Gasteiger partial charge in [0.15, 0.2) is 0 Å². The van der Waals surface area contributed by atoms with Crippen molar-refractivity contribution in [1.29, 1.82) is 0 Å². The van der Waals surface area contributed by atoms with E-state index in [9.17, 15) is 4.21 Å². The second-order valence-electron chi connectivity index (χ2n) is 3.75. The van der Waals surface area contributed by atoms with Crippen LogP contribution in [0.25, 0.3) is 0 Å². The van der Waals surface area contributed by atoms with E-state index in [0.29, 0.717) is 16.3 Å². The van der Waals surface area contributed by atoms with Crippen molar-refractivity contribution in [3.63, 3.8) is 0 Å². The summed E-state index contributed by atoms with van der Waals surface area (Å²) in [5.41, 5.74) is 7.18. The maximum absolute atomic E-state index is 12.2. The van der Waals surface area contributed by atoms with E-state index < -0.39 is 10.8 Å². The number of benzene rings is 1. The van der Waals surface area contributed by atoms with E-state index in [0.717, 1.165) is 11.3 Å². The van der Waals surface area contributed by atoms with E-state index in [1.165, 1.54) is 6.20 Å². The summed E-state index contributed by atoms with van der Waals surface area (Å²) in [5.74, 6) is 1.21. The van der Waals surface area contributed by atoms with Crippen LogP contribution in [-0.4, -0.2) is 16.3 Å². The first-order chi connectivity index (χ1) is 8.70. The number of nitrogens with zero attached hydrogens (tertiary/aromatic N) is 1. The van der Waals surface area contributed by atoms with Crippen LogP contribution in [-0.2, 0) is 16.6 Å². The molecule has 2 aromatic rings. The minimum absolute atomic E-state index is 0.429. The van der Waals surface area contributed by atoms with Crippen molar-refractivity contribution >= 4 is 16.5 Å². The maximum atomic E-state index is 12.2. The number of methoxy groups -OCH3 is 1. The first kappa shape index (κ1) is 12.6. The van der Waals surface area contributed by atoms with Crippen molar-refractivity contribution in [3.05, 3.63) is 48.3 Å². The number of ether oxygens (including phenoxy) is 1. The summed E-state index contributed by atoms with van der Waals surface area (Å²) in [6.07, 6.45) is 3.11. The van der Waals surface area contributed by atoms with Gasteiger partial charge in [0.25, 0.3) is 0 Å². The molecule has 0 radical (unpaired) electrons. The molecule has 0 saturated carbocycles. The van der Waals surface area contributed by atoms with Crippen molar-refractivity contribution in [3.8, 4) is 5.75 Å². The predicted octanol–water partition coefficient (Wildman–Crippen LogP) is 1.98. The highest BCUT2D eigenvalue weighted by Gasteiger charge is 2.08. The van der Waals surface area contributed by atoms with Crippen molar-refractivity contribution in [1.82, 2.24) is 4.98 Å². The van der Waals surface area contributed by atoms with Gasteiger partial charge in [0, 0.05) is 6.20 Å². The fourth-order valence-corrected chi connectivity index (χ4v) is 2.73. The number of pyridine rings is 1. The molecule has 4 nitrogen and oxygen atoms in total. The summed E-state index contributed by atoms with van der Waals surface area (Å²) >= 11 is 0. The summed E-state index contributed by atoms with van der Waals surface area (Å²) in [7, 11) is 0.456. The lowest BCUT2D eigenvalue weighted by Gasteiger charge is -2.06. The van der Waals surface area contributed by atoms with Gasteiger partial charge in [-0.1, -0.05) is 12.1 Å². The van der Waals surface area contributed by atoms with Crippen LogP contribution in [0.2, 0.25) is 0 Å². The Hall–Kier alpha value is -1.88. The lowest BCUT2D eigenvalue weighted by atomic mass is 10.2. The SMILES string of the molecule is COc1ccc(CS(=O)c2ccncc2N)cc1. The van der Waals surface area contributed by atoms with Crippen LogP contribution in [0, 0.1) is 0 Å². The third-order valence-electron chi connectivity index (χ3n) is 2.51. The normalized spacial score (nSPS) is 12.1. The van der Waals surface area contributed by atoms with Crippen LogP contribution in [0.4, 0.5) is 5.69 Å². The molecule has 0 bridgehead atoms. The average Bonchev–Trinajstić information content (AvgIpc) is 2.40. The van der Waals surface area contributed by atoms with Crippen molar-refractivity contribution in [2.75, 3.05) is 12.8 Å². The number of rotatable bonds is 4. The van der Waals surface area contributed by atoms with E-state index in [1.807, 2.05) is 24.3 Å². The molecule has 0 aliphatic carbocycles. The van der Waals surface area contributed by atoms with Gasteiger partial charge in [0.1, 0.15) is 5.75 Å². The number of anilines is 1. The molecule has 0 spiro atoms. The predicted molar refractivity (Wildman–Crippen MR) is 71.8 cm³/mol. The lowest BCUT2D eigenvalue weighted by Crippen LogP contribution is -2.01. The summed E-state index contributed by atoms with van der Waals surface area (Å²) in [6, 6.07) is 9.18. The van der Waals surface area contributed by atoms with E-state index in [2.05, 4.69) is 4.98 Å². The Morgan fingerprint density at radius 3 is 2.61 bits per heavy atom. The van der Waals surface area contributed by atoms with Gasteiger partial charge >= 0.3 is 0 Å². The first-order valence-electron chi connectivity index (χ1n) is 5.41. The molecule has 1 aromatic heterocycles. The Kier molecular flexibility index (Phi) is 3.94. The average molecular weight is 262 g/mol. The van der Waals surface area contributed by atoms with Crippen LogP contribution < -0.4 is 10.5 Å². The smallest absolute Gasteiger partial charge is 0.118 e. The largest absolute Gasteiger partial charge is 0.497 e. The molecule has 0 aliphatic rings. The molecule has 1 atom stereocenters. The van der Waals surface area contributed by atoms with Crippen LogP contribution in [0.3, 0.4) is 0 Å². The van der Waals surface area contributed by atoms with Gasteiger partial charge in [-0.3, -0.25) is 9.19 Å². The molecule has 94 valence electrons. The molecule has 1 heterocycles. The molecule has 1 aromatic carbocycles. The summed E-state index contributed by atoms with van der Waals surface area (Å²) in [4.78, 5) is 4.51. The van der Waals surface area contributed by atoms with Crippen LogP contribution in [0.1, 0.15) is 5.56 Å². The van der Waals surface area contributed by atoms with Gasteiger partial charge in [0.2, 0.25) is 0 Å². The number of nitrogen functional groups attached to an aromatic ring is 1. The number of aromatic nitrogens is 1. The Labute approximate surface area is 108 Å². The van der Waals surface area contributed by atoms with Gasteiger partial charge in [0.05, 0.1) is 40.4 Å². The topological polar surface area (TPSA) is 65.2 Å². The summed E-state index contributed by atoms with van der Waals surface area (Å²) in [5, 5.41) is 0. The molecule has 0 aliphatic heterocycles. The molecule has 2 rings (SSSR count). The molecule has 0 fully saturated rings. The van der Waals surface area contributed by atoms with Gasteiger partial charge in [-0.25, -0.2) is 0 Å². The highest BCUT2D eigenvalue weighted by molar-refractivity contribution is 7.84. The number of hydrogen-bond acceptors (Lipinski definition) is 4. The van der Waals surface area contributed by atoms with Crippen molar-refractivity contribution < 1.29 is 8.95 Å². The van der Waals surface area contributed by atoms with Crippen LogP contribution in [0.5, 0.6) is 5.75 Å². The third-order valence-corrected chi connectivity index (χ3v) is 3.97. The molecule has 0 amide bonds. The standard InChI is InChI=1S/C13H14N2O2S/c1-17-11-4-2-10(3-5-11)9-18(16)13-6-7-15-8-12(13)14/h2-8H,9,14H2,1H3. The lowest BCUT2D eigenvalue weighted by molar-refractivity contribution is 0.414. The molecular formula is C13H14N2O2S. The monoisotopic (exact) mass is 262 g/mol. The van der Waals surface area contributed by atoms with Gasteiger partial charge in [-0.2, -0.15) is 0 Å². The third kappa shape index (κ3) is 2.87. The van der Waals surface area contributed by atoms with E-state index in [4.69, 9.17) is 10.5 Å². The molecule has 2 N–H and O–H groups in total. The Morgan fingerprint density at radius 1 is 1.28 bits per heavy atom. The molecule has 1 unspecified atom stereocenters. The molecular weight excluding hydrogens is 248 g/mol.